The molecular weight excluding hydrogens is 618 g/mol. The van der Waals surface area contributed by atoms with Crippen LogP contribution in [0.15, 0.2) is 170 Å². The molecule has 0 aromatic heterocycles. The molecule has 246 valence electrons. The number of ether oxygens (including phenoxy) is 2. The van der Waals surface area contributed by atoms with Crippen LogP contribution in [0.3, 0.4) is 0 Å². The molecule has 6 aromatic carbocycles. The van der Waals surface area contributed by atoms with Gasteiger partial charge in [0.2, 0.25) is 0 Å². The van der Waals surface area contributed by atoms with E-state index in [1.807, 2.05) is 153 Å². The van der Waals surface area contributed by atoms with Crippen molar-refractivity contribution >= 4 is 35.1 Å². The highest BCUT2D eigenvalue weighted by Crippen LogP contribution is 2.25. The van der Waals surface area contributed by atoms with E-state index in [-0.39, 0.29) is 11.6 Å². The number of anilines is 2. The van der Waals surface area contributed by atoms with Crippen molar-refractivity contribution in [2.45, 2.75) is 13.2 Å². The van der Waals surface area contributed by atoms with Crippen LogP contribution in [-0.2, 0) is 13.2 Å². The fraction of sp³-hybridized carbons (Fsp3) is 0.0667. The lowest BCUT2D eigenvalue weighted by Crippen LogP contribution is -2.09. The van der Waals surface area contributed by atoms with E-state index in [0.717, 1.165) is 45.1 Å². The number of benzene rings is 6. The van der Waals surface area contributed by atoms with Crippen LogP contribution in [0.25, 0.3) is 12.2 Å². The van der Waals surface area contributed by atoms with E-state index in [9.17, 15) is 9.59 Å². The zero-order valence-corrected chi connectivity index (χ0v) is 27.8. The molecule has 0 saturated heterocycles. The van der Waals surface area contributed by atoms with Gasteiger partial charge in [-0.15, -0.1) is 0 Å². The Bertz CT molecular complexity index is 1900. The van der Waals surface area contributed by atoms with Gasteiger partial charge in [0.15, 0.2) is 11.6 Å². The second-order valence-electron chi connectivity index (χ2n) is 11.7. The van der Waals surface area contributed by atoms with E-state index in [0.29, 0.717) is 24.3 Å². The first-order valence-electron chi connectivity index (χ1n) is 16.4. The summed E-state index contributed by atoms with van der Waals surface area (Å²) in [5.74, 6) is 1.30. The molecule has 5 nitrogen and oxygen atoms in total. The topological polar surface area (TPSA) is 55.8 Å². The first kappa shape index (κ1) is 33.4. The van der Waals surface area contributed by atoms with Crippen LogP contribution in [0, 0.1) is 0 Å². The molecular formula is C45H37NO4. The number of carbonyl (C=O) groups is 2. The maximum atomic E-state index is 12.8. The lowest BCUT2D eigenvalue weighted by atomic mass is 10.1. The first-order valence-corrected chi connectivity index (χ1v) is 16.4. The zero-order chi connectivity index (χ0) is 34.5. The van der Waals surface area contributed by atoms with Gasteiger partial charge in [0.1, 0.15) is 24.7 Å². The van der Waals surface area contributed by atoms with Crippen molar-refractivity contribution in [3.05, 3.63) is 203 Å². The molecule has 6 rings (SSSR count). The molecule has 0 aliphatic carbocycles. The molecule has 0 fully saturated rings. The Balaban J connectivity index is 0.978. The summed E-state index contributed by atoms with van der Waals surface area (Å²) >= 11 is 0. The summed E-state index contributed by atoms with van der Waals surface area (Å²) < 4.78 is 11.7. The molecule has 0 atom stereocenters. The smallest absolute Gasteiger partial charge is 0.185 e. The second kappa shape index (κ2) is 16.6. The molecule has 0 aliphatic rings. The molecule has 0 amide bonds. The van der Waals surface area contributed by atoms with Crippen LogP contribution >= 0.6 is 0 Å². The van der Waals surface area contributed by atoms with Crippen LogP contribution in [0.1, 0.15) is 43.0 Å². The molecule has 6 aromatic rings. The third kappa shape index (κ3) is 9.33. The number of hydrogen-bond acceptors (Lipinski definition) is 5. The average Bonchev–Trinajstić information content (AvgIpc) is 3.18. The number of allylic oxidation sites excluding steroid dienone is 2. The largest absolute Gasteiger partial charge is 0.489 e. The standard InChI is InChI=1S/C45H37NO4/c1-46(40-22-12-34(13-23-40)16-30-44(47)38-18-26-42(27-19-38)49-32-36-8-4-2-5-9-36)41-24-14-35(15-25-41)17-31-45(48)39-20-28-43(29-21-39)50-33-37-10-6-3-7-11-37/h2-31H,32-33H2,1H3. The molecule has 0 heterocycles. The first-order chi connectivity index (χ1) is 24.5. The second-order valence-corrected chi connectivity index (χ2v) is 11.7. The Morgan fingerprint density at radius 3 is 1.20 bits per heavy atom. The molecule has 0 saturated carbocycles. The molecule has 0 unspecified atom stereocenters. The van der Waals surface area contributed by atoms with Gasteiger partial charge >= 0.3 is 0 Å². The van der Waals surface area contributed by atoms with E-state index >= 15 is 0 Å². The number of hydrogen-bond donors (Lipinski definition) is 0. The summed E-state index contributed by atoms with van der Waals surface area (Å²) in [6.45, 7) is 0.960. The minimum Gasteiger partial charge on any atom is -0.489 e. The van der Waals surface area contributed by atoms with Crippen molar-refractivity contribution in [1.29, 1.82) is 0 Å². The van der Waals surface area contributed by atoms with Crippen molar-refractivity contribution in [3.63, 3.8) is 0 Å². The number of ketones is 2. The van der Waals surface area contributed by atoms with Gasteiger partial charge in [-0.05, 0) is 107 Å². The molecule has 0 spiro atoms. The Morgan fingerprint density at radius 2 is 0.840 bits per heavy atom. The normalized spacial score (nSPS) is 11.1. The van der Waals surface area contributed by atoms with Crippen LogP contribution in [0.5, 0.6) is 11.5 Å². The highest BCUT2D eigenvalue weighted by atomic mass is 16.5. The molecule has 0 N–H and O–H groups in total. The maximum Gasteiger partial charge on any atom is 0.185 e. The van der Waals surface area contributed by atoms with Crippen molar-refractivity contribution in [2.24, 2.45) is 0 Å². The van der Waals surface area contributed by atoms with Gasteiger partial charge in [-0.25, -0.2) is 0 Å². The van der Waals surface area contributed by atoms with Crippen LogP contribution in [0.4, 0.5) is 11.4 Å². The Hall–Kier alpha value is -6.46. The summed E-state index contributed by atoms with van der Waals surface area (Å²) in [5, 5.41) is 0. The van der Waals surface area contributed by atoms with Crippen LogP contribution in [-0.4, -0.2) is 18.6 Å². The quantitative estimate of drug-likeness (QED) is 0.0863. The van der Waals surface area contributed by atoms with Crippen molar-refractivity contribution in [1.82, 2.24) is 0 Å². The van der Waals surface area contributed by atoms with E-state index in [1.54, 1.807) is 36.4 Å². The number of rotatable bonds is 14. The predicted octanol–water partition coefficient (Wildman–Crippen LogP) is 10.4. The molecule has 0 bridgehead atoms. The van der Waals surface area contributed by atoms with Crippen LogP contribution < -0.4 is 14.4 Å². The summed E-state index contributed by atoms with van der Waals surface area (Å²) in [5.41, 5.74) is 7.26. The highest BCUT2D eigenvalue weighted by Gasteiger charge is 2.07. The lowest BCUT2D eigenvalue weighted by Gasteiger charge is -2.19. The van der Waals surface area contributed by atoms with Gasteiger partial charge in [-0.1, -0.05) is 97.1 Å². The van der Waals surface area contributed by atoms with Gasteiger partial charge in [0, 0.05) is 29.5 Å². The van der Waals surface area contributed by atoms with Gasteiger partial charge < -0.3 is 14.4 Å². The van der Waals surface area contributed by atoms with E-state index in [2.05, 4.69) is 4.90 Å². The Kier molecular flexibility index (Phi) is 11.1. The average molecular weight is 656 g/mol. The van der Waals surface area contributed by atoms with E-state index in [1.165, 1.54) is 0 Å². The Labute approximate surface area is 293 Å². The fourth-order valence-corrected chi connectivity index (χ4v) is 5.22. The van der Waals surface area contributed by atoms with Gasteiger partial charge in [0.05, 0.1) is 0 Å². The van der Waals surface area contributed by atoms with Gasteiger partial charge in [0.25, 0.3) is 0 Å². The lowest BCUT2D eigenvalue weighted by molar-refractivity contribution is 0.103. The van der Waals surface area contributed by atoms with Gasteiger partial charge in [-0.2, -0.15) is 0 Å². The number of carbonyl (C=O) groups excluding carboxylic acids is 2. The predicted molar refractivity (Wildman–Crippen MR) is 202 cm³/mol. The zero-order valence-electron chi connectivity index (χ0n) is 27.8. The van der Waals surface area contributed by atoms with Crippen molar-refractivity contribution in [2.75, 3.05) is 11.9 Å². The fourth-order valence-electron chi connectivity index (χ4n) is 5.22. The molecule has 0 radical (unpaired) electrons. The number of nitrogens with zero attached hydrogens (tertiary/aromatic N) is 1. The van der Waals surface area contributed by atoms with E-state index in [4.69, 9.17) is 9.47 Å². The van der Waals surface area contributed by atoms with Crippen LogP contribution in [0.2, 0.25) is 0 Å². The summed E-state index contributed by atoms with van der Waals surface area (Å²) in [7, 11) is 2.00. The third-order valence-electron chi connectivity index (χ3n) is 8.19. The Morgan fingerprint density at radius 1 is 0.480 bits per heavy atom. The summed E-state index contributed by atoms with van der Waals surface area (Å²) in [4.78, 5) is 27.6. The molecule has 5 heteroatoms. The van der Waals surface area contributed by atoms with E-state index < -0.39 is 0 Å². The minimum atomic E-state index is -0.0707. The van der Waals surface area contributed by atoms with Crippen molar-refractivity contribution in [3.8, 4) is 11.5 Å². The SMILES string of the molecule is CN(c1ccc(C=CC(=O)c2ccc(OCc3ccccc3)cc2)cc1)c1ccc(C=CC(=O)c2ccc(OCc3ccccc3)cc2)cc1. The minimum absolute atomic E-state index is 0.0707. The van der Waals surface area contributed by atoms with Crippen molar-refractivity contribution < 1.29 is 19.1 Å². The molecule has 50 heavy (non-hydrogen) atoms. The summed E-state index contributed by atoms with van der Waals surface area (Å²) in [6, 6.07) is 50.4. The van der Waals surface area contributed by atoms with Gasteiger partial charge in [-0.3, -0.25) is 9.59 Å². The third-order valence-corrected chi connectivity index (χ3v) is 8.19. The highest BCUT2D eigenvalue weighted by molar-refractivity contribution is 6.07. The monoisotopic (exact) mass is 655 g/mol. The summed E-state index contributed by atoms with van der Waals surface area (Å²) in [6.07, 6.45) is 6.82. The maximum absolute atomic E-state index is 12.8. The molecule has 0 aliphatic heterocycles.